The van der Waals surface area contributed by atoms with Crippen LogP contribution in [0.4, 0.5) is 0 Å². The molecule has 218 valence electrons. The number of unbranched alkanes of at least 4 members (excludes halogenated alkanes) is 6. The van der Waals surface area contributed by atoms with Crippen LogP contribution in [-0.4, -0.2) is 36.8 Å². The van der Waals surface area contributed by atoms with Crippen LogP contribution in [0.1, 0.15) is 128 Å². The monoisotopic (exact) mass is 774 g/mol. The Bertz CT molecular complexity index is 738. The van der Waals surface area contributed by atoms with Gasteiger partial charge in [-0.1, -0.05) is 0 Å². The van der Waals surface area contributed by atoms with E-state index in [1.807, 2.05) is 16.9 Å². The second kappa shape index (κ2) is 20.0. The number of hydrogen-bond donors (Lipinski definition) is 0. The van der Waals surface area contributed by atoms with Gasteiger partial charge in [-0.3, -0.25) is 0 Å². The SMILES string of the molecule is CCC[CH2][Sn]([CH2]CCC)([CH2]CCC)[c]1ccsc1CCc1scc[c]1[Sn]([CH2]CCC)([CH2]CCC)[CH2]CCC. The molecular formula is C34H62S2Sn2. The van der Waals surface area contributed by atoms with E-state index in [1.165, 1.54) is 89.9 Å². The van der Waals surface area contributed by atoms with Gasteiger partial charge in [0, 0.05) is 0 Å². The molecule has 2 heterocycles. The van der Waals surface area contributed by atoms with E-state index in [9.17, 15) is 0 Å². The molecular weight excluding hydrogens is 710 g/mol. The van der Waals surface area contributed by atoms with E-state index in [2.05, 4.69) is 87.1 Å². The van der Waals surface area contributed by atoms with Gasteiger partial charge < -0.3 is 0 Å². The van der Waals surface area contributed by atoms with Crippen LogP contribution in [0, 0.1) is 0 Å². The standard InChI is InChI=1S/C10H8S2.6C4H9.2Sn/c1-3-9(11-7-1)5-6-10-4-2-8-12-10;6*1-3-4-2;;/h1-2,7-8H,5-6H2;6*1,3-4H2,2H3;;. The maximum atomic E-state index is 2.65. The predicted molar refractivity (Wildman–Crippen MR) is 185 cm³/mol. The van der Waals surface area contributed by atoms with Gasteiger partial charge in [-0.25, -0.2) is 0 Å². The van der Waals surface area contributed by atoms with Gasteiger partial charge in [-0.2, -0.15) is 0 Å². The third-order valence-corrected chi connectivity index (χ3v) is 43.9. The quantitative estimate of drug-likeness (QED) is 0.0987. The first-order valence-electron chi connectivity index (χ1n) is 16.7. The molecule has 0 aliphatic carbocycles. The normalized spacial score (nSPS) is 12.5. The third kappa shape index (κ3) is 10.4. The fourth-order valence-electron chi connectivity index (χ4n) is 6.89. The minimum absolute atomic E-state index is 1.32. The number of aryl methyl sites for hydroxylation is 2. The summed E-state index contributed by atoms with van der Waals surface area (Å²) < 4.78 is 13.5. The molecule has 0 saturated heterocycles. The first kappa shape index (κ1) is 35.2. The molecule has 0 amide bonds. The van der Waals surface area contributed by atoms with Crippen LogP contribution >= 0.6 is 22.7 Å². The second-order valence-corrected chi connectivity index (χ2v) is 40.5. The molecule has 0 nitrogen and oxygen atoms in total. The molecule has 0 aliphatic heterocycles. The topological polar surface area (TPSA) is 0 Å². The van der Waals surface area contributed by atoms with Crippen molar-refractivity contribution in [2.24, 2.45) is 0 Å². The van der Waals surface area contributed by atoms with Crippen molar-refractivity contribution < 1.29 is 0 Å². The molecule has 2 rings (SSSR count). The zero-order valence-corrected chi connectivity index (χ0v) is 33.6. The zero-order chi connectivity index (χ0) is 27.7. The molecule has 0 radical (unpaired) electrons. The molecule has 38 heavy (non-hydrogen) atoms. The molecule has 0 fully saturated rings. The second-order valence-electron chi connectivity index (χ2n) is 12.2. The fourth-order valence-corrected chi connectivity index (χ4v) is 46.2. The van der Waals surface area contributed by atoms with Crippen LogP contribution in [0.15, 0.2) is 22.9 Å². The van der Waals surface area contributed by atoms with Crippen molar-refractivity contribution in [2.75, 3.05) is 0 Å². The number of thiophene rings is 2. The summed E-state index contributed by atoms with van der Waals surface area (Å²) in [5, 5.41) is 4.98. The zero-order valence-electron chi connectivity index (χ0n) is 26.3. The molecule has 4 heteroatoms. The van der Waals surface area contributed by atoms with Crippen LogP contribution in [0.3, 0.4) is 0 Å². The molecule has 0 saturated carbocycles. The number of rotatable bonds is 23. The number of hydrogen-bond acceptors (Lipinski definition) is 2. The Morgan fingerprint density at radius 3 is 0.947 bits per heavy atom. The Morgan fingerprint density at radius 1 is 0.447 bits per heavy atom. The van der Waals surface area contributed by atoms with E-state index in [-0.39, 0.29) is 0 Å². The van der Waals surface area contributed by atoms with Gasteiger partial charge in [0.05, 0.1) is 0 Å². The molecule has 2 aromatic rings. The Morgan fingerprint density at radius 2 is 0.711 bits per heavy atom. The molecule has 0 bridgehead atoms. The van der Waals surface area contributed by atoms with Gasteiger partial charge in [-0.05, 0) is 0 Å². The van der Waals surface area contributed by atoms with Crippen molar-refractivity contribution in [3.63, 3.8) is 0 Å². The van der Waals surface area contributed by atoms with Crippen molar-refractivity contribution >= 4 is 66.6 Å². The Kier molecular flexibility index (Phi) is 18.5. The fraction of sp³-hybridized carbons (Fsp3) is 0.765. The van der Waals surface area contributed by atoms with E-state index in [4.69, 9.17) is 0 Å². The molecule has 2 aromatic heterocycles. The van der Waals surface area contributed by atoms with Crippen molar-refractivity contribution in [3.05, 3.63) is 32.6 Å². The van der Waals surface area contributed by atoms with E-state index in [0.29, 0.717) is 0 Å². The summed E-state index contributed by atoms with van der Waals surface area (Å²) in [4.78, 5) is 3.64. The van der Waals surface area contributed by atoms with Gasteiger partial charge in [-0.15, -0.1) is 0 Å². The molecule has 0 aliphatic rings. The van der Waals surface area contributed by atoms with E-state index in [0.717, 1.165) is 0 Å². The van der Waals surface area contributed by atoms with Crippen LogP contribution in [-0.2, 0) is 12.8 Å². The van der Waals surface area contributed by atoms with E-state index < -0.39 is 36.8 Å². The summed E-state index contributed by atoms with van der Waals surface area (Å²) >= 11 is -0.482. The van der Waals surface area contributed by atoms with E-state index in [1.54, 1.807) is 26.6 Å². The summed E-state index contributed by atoms with van der Waals surface area (Å²) in [6.45, 7) is 14.5. The Balaban J connectivity index is 2.37. The van der Waals surface area contributed by atoms with E-state index >= 15 is 0 Å². The van der Waals surface area contributed by atoms with Crippen molar-refractivity contribution in [2.45, 2.75) is 158 Å². The molecule has 0 atom stereocenters. The minimum atomic E-state index is -2.37. The average molecular weight is 772 g/mol. The predicted octanol–water partition coefficient (Wildman–Crippen LogP) is 11.7. The Labute approximate surface area is 254 Å². The summed E-state index contributed by atoms with van der Waals surface area (Å²) in [5.74, 6) is 0. The first-order chi connectivity index (χ1) is 18.6. The van der Waals surface area contributed by atoms with Gasteiger partial charge in [0.25, 0.3) is 0 Å². The molecule has 0 aromatic carbocycles. The Hall–Kier alpha value is 0.997. The van der Waals surface area contributed by atoms with Crippen LogP contribution in [0.25, 0.3) is 0 Å². The van der Waals surface area contributed by atoms with Gasteiger partial charge in [0.2, 0.25) is 0 Å². The van der Waals surface area contributed by atoms with Crippen molar-refractivity contribution in [1.29, 1.82) is 0 Å². The third-order valence-electron chi connectivity index (χ3n) is 9.27. The van der Waals surface area contributed by atoms with Gasteiger partial charge in [0.15, 0.2) is 0 Å². The molecule has 0 spiro atoms. The average Bonchev–Trinajstić information content (AvgIpc) is 3.62. The summed E-state index contributed by atoms with van der Waals surface area (Å²) in [5.41, 5.74) is 0. The van der Waals surface area contributed by atoms with Crippen molar-refractivity contribution in [3.8, 4) is 0 Å². The first-order valence-corrected chi connectivity index (χ1v) is 33.4. The van der Waals surface area contributed by atoms with Crippen LogP contribution < -0.4 is 7.16 Å². The molecule has 0 unspecified atom stereocenters. The van der Waals surface area contributed by atoms with Gasteiger partial charge in [0.1, 0.15) is 0 Å². The maximum absolute atomic E-state index is 2.65. The van der Waals surface area contributed by atoms with Crippen LogP contribution in [0.5, 0.6) is 0 Å². The van der Waals surface area contributed by atoms with Gasteiger partial charge >= 0.3 is 257 Å². The molecule has 0 N–H and O–H groups in total. The van der Waals surface area contributed by atoms with Crippen molar-refractivity contribution in [1.82, 2.24) is 0 Å². The summed E-state index contributed by atoms with van der Waals surface area (Å²) in [6, 6.07) is 5.30. The summed E-state index contributed by atoms with van der Waals surface area (Å²) in [7, 11) is 0. The van der Waals surface area contributed by atoms with Crippen LogP contribution in [0.2, 0.25) is 26.6 Å². The summed E-state index contributed by atoms with van der Waals surface area (Å²) in [6.07, 6.45) is 19.7.